The molecule has 2 unspecified atom stereocenters. The molecule has 0 spiro atoms. The number of benzene rings is 1. The van der Waals surface area contributed by atoms with Crippen LogP contribution in [-0.2, 0) is 0 Å². The Kier molecular flexibility index (Phi) is 5.82. The molecule has 0 saturated heterocycles. The summed E-state index contributed by atoms with van der Waals surface area (Å²) in [7, 11) is 1.69. The molecule has 2 aromatic rings. The Labute approximate surface area is 136 Å². The minimum atomic E-state index is -0.107. The maximum Gasteiger partial charge on any atom is 0.127 e. The zero-order valence-electron chi connectivity index (χ0n) is 13.1. The molecule has 0 amide bonds. The van der Waals surface area contributed by atoms with Crippen molar-refractivity contribution in [1.29, 1.82) is 0 Å². The third-order valence-electron chi connectivity index (χ3n) is 3.60. The van der Waals surface area contributed by atoms with Gasteiger partial charge < -0.3 is 9.30 Å². The molecule has 2 rings (SSSR count). The second-order valence-corrected chi connectivity index (χ2v) is 7.19. The van der Waals surface area contributed by atoms with Gasteiger partial charge in [-0.3, -0.25) is 0 Å². The van der Waals surface area contributed by atoms with Crippen LogP contribution in [0.4, 0.5) is 0 Å². The molecule has 0 saturated carbocycles. The minimum Gasteiger partial charge on any atom is -0.497 e. The number of thioether (sulfide) groups is 1. The van der Waals surface area contributed by atoms with Crippen molar-refractivity contribution in [3.05, 3.63) is 24.0 Å². The SMILES string of the molecule is CCSCCC(C)n1c(C(C)Cl)nc2ccc(OC)cc21. The average molecular weight is 327 g/mol. The Balaban J connectivity index is 2.43. The first kappa shape index (κ1) is 16.5. The quantitative estimate of drug-likeness (QED) is 0.526. The van der Waals surface area contributed by atoms with Crippen LogP contribution in [0.25, 0.3) is 11.0 Å². The Morgan fingerprint density at radius 1 is 1.38 bits per heavy atom. The lowest BCUT2D eigenvalue weighted by molar-refractivity contribution is 0.415. The number of nitrogens with zero attached hydrogens (tertiary/aromatic N) is 2. The Morgan fingerprint density at radius 3 is 2.76 bits per heavy atom. The maximum absolute atomic E-state index is 6.34. The molecule has 116 valence electrons. The van der Waals surface area contributed by atoms with Crippen molar-refractivity contribution in [1.82, 2.24) is 9.55 Å². The van der Waals surface area contributed by atoms with Crippen LogP contribution in [0.2, 0.25) is 0 Å². The fraction of sp³-hybridized carbons (Fsp3) is 0.562. The van der Waals surface area contributed by atoms with Crippen LogP contribution in [0.1, 0.15) is 44.4 Å². The number of fused-ring (bicyclic) bond motifs is 1. The molecule has 0 aliphatic heterocycles. The molecule has 0 bridgehead atoms. The van der Waals surface area contributed by atoms with Gasteiger partial charge in [0, 0.05) is 12.1 Å². The van der Waals surface area contributed by atoms with Crippen molar-refractivity contribution < 1.29 is 4.74 Å². The molecular weight excluding hydrogens is 304 g/mol. The predicted molar refractivity (Wildman–Crippen MR) is 92.9 cm³/mol. The van der Waals surface area contributed by atoms with E-state index >= 15 is 0 Å². The van der Waals surface area contributed by atoms with E-state index in [1.165, 1.54) is 0 Å². The third kappa shape index (κ3) is 3.67. The first-order valence-corrected chi connectivity index (χ1v) is 8.95. The lowest BCUT2D eigenvalue weighted by Gasteiger charge is -2.18. The van der Waals surface area contributed by atoms with Gasteiger partial charge in [0.15, 0.2) is 0 Å². The first-order chi connectivity index (χ1) is 10.1. The Morgan fingerprint density at radius 2 is 2.14 bits per heavy atom. The Hall–Kier alpha value is -0.870. The van der Waals surface area contributed by atoms with Gasteiger partial charge >= 0.3 is 0 Å². The van der Waals surface area contributed by atoms with Gasteiger partial charge in [0.25, 0.3) is 0 Å². The summed E-state index contributed by atoms with van der Waals surface area (Å²) >= 11 is 8.31. The standard InChI is InChI=1S/C16H23ClN2OS/c1-5-21-9-8-11(2)19-15-10-13(20-4)6-7-14(15)18-16(19)12(3)17/h6-7,10-12H,5,8-9H2,1-4H3. The molecular formula is C16H23ClN2OS. The average Bonchev–Trinajstić information content (AvgIpc) is 2.86. The van der Waals surface area contributed by atoms with Gasteiger partial charge in [0.2, 0.25) is 0 Å². The van der Waals surface area contributed by atoms with Gasteiger partial charge in [-0.15, -0.1) is 11.6 Å². The van der Waals surface area contributed by atoms with E-state index in [0.717, 1.165) is 40.5 Å². The highest BCUT2D eigenvalue weighted by Crippen LogP contribution is 2.31. The molecule has 3 nitrogen and oxygen atoms in total. The van der Waals surface area contributed by atoms with E-state index in [1.54, 1.807) is 7.11 Å². The van der Waals surface area contributed by atoms with Crippen molar-refractivity contribution >= 4 is 34.4 Å². The van der Waals surface area contributed by atoms with Gasteiger partial charge in [-0.25, -0.2) is 4.98 Å². The fourth-order valence-electron chi connectivity index (χ4n) is 2.49. The number of hydrogen-bond donors (Lipinski definition) is 0. The summed E-state index contributed by atoms with van der Waals surface area (Å²) < 4.78 is 7.62. The van der Waals surface area contributed by atoms with Gasteiger partial charge in [-0.1, -0.05) is 6.92 Å². The summed E-state index contributed by atoms with van der Waals surface area (Å²) in [4.78, 5) is 4.71. The molecule has 1 aromatic heterocycles. The van der Waals surface area contributed by atoms with Crippen molar-refractivity contribution in [2.45, 2.75) is 38.6 Å². The normalized spacial score (nSPS) is 14.3. The van der Waals surface area contributed by atoms with Crippen molar-refractivity contribution in [2.24, 2.45) is 0 Å². The number of hydrogen-bond acceptors (Lipinski definition) is 3. The zero-order valence-corrected chi connectivity index (χ0v) is 14.7. The summed E-state index contributed by atoms with van der Waals surface area (Å²) in [6.07, 6.45) is 1.11. The van der Waals surface area contributed by atoms with Crippen LogP contribution in [0, 0.1) is 0 Å². The first-order valence-electron chi connectivity index (χ1n) is 7.36. The molecule has 1 heterocycles. The monoisotopic (exact) mass is 326 g/mol. The predicted octanol–water partition coefficient (Wildman–Crippen LogP) is 5.05. The second kappa shape index (κ2) is 7.41. The van der Waals surface area contributed by atoms with E-state index in [4.69, 9.17) is 21.3 Å². The lowest BCUT2D eigenvalue weighted by Crippen LogP contribution is -2.11. The number of methoxy groups -OCH3 is 1. The topological polar surface area (TPSA) is 27.1 Å². The molecule has 0 aliphatic carbocycles. The van der Waals surface area contributed by atoms with E-state index in [9.17, 15) is 0 Å². The molecule has 5 heteroatoms. The number of halogens is 1. The fourth-order valence-corrected chi connectivity index (χ4v) is 3.44. The van der Waals surface area contributed by atoms with E-state index in [-0.39, 0.29) is 5.38 Å². The summed E-state index contributed by atoms with van der Waals surface area (Å²) in [5.74, 6) is 4.10. The van der Waals surface area contributed by atoms with Gasteiger partial charge in [-0.2, -0.15) is 11.8 Å². The summed E-state index contributed by atoms with van der Waals surface area (Å²) in [5.41, 5.74) is 2.08. The lowest BCUT2D eigenvalue weighted by atomic mass is 10.2. The number of imidazole rings is 1. The molecule has 2 atom stereocenters. The van der Waals surface area contributed by atoms with Crippen molar-refractivity contribution in [3.63, 3.8) is 0 Å². The summed E-state index contributed by atoms with van der Waals surface area (Å²) in [6.45, 7) is 6.41. The van der Waals surface area contributed by atoms with Crippen LogP contribution >= 0.6 is 23.4 Å². The maximum atomic E-state index is 6.34. The van der Waals surface area contributed by atoms with E-state index < -0.39 is 0 Å². The van der Waals surface area contributed by atoms with E-state index in [0.29, 0.717) is 6.04 Å². The number of alkyl halides is 1. The van der Waals surface area contributed by atoms with Crippen LogP contribution in [-0.4, -0.2) is 28.2 Å². The van der Waals surface area contributed by atoms with Crippen LogP contribution in [0.3, 0.4) is 0 Å². The van der Waals surface area contributed by atoms with Crippen LogP contribution in [0.5, 0.6) is 5.75 Å². The van der Waals surface area contributed by atoms with Gasteiger partial charge in [-0.05, 0) is 43.9 Å². The molecule has 0 fully saturated rings. The molecule has 0 N–H and O–H groups in total. The summed E-state index contributed by atoms with van der Waals surface area (Å²) in [6, 6.07) is 6.37. The molecule has 1 aromatic carbocycles. The molecule has 21 heavy (non-hydrogen) atoms. The Bertz CT molecular complexity index is 597. The van der Waals surface area contributed by atoms with Crippen molar-refractivity contribution in [2.75, 3.05) is 18.6 Å². The molecule has 0 aliphatic rings. The van der Waals surface area contributed by atoms with E-state index in [1.807, 2.05) is 30.8 Å². The number of aromatic nitrogens is 2. The smallest absolute Gasteiger partial charge is 0.127 e. The molecule has 0 radical (unpaired) electrons. The third-order valence-corrected chi connectivity index (χ3v) is 4.73. The zero-order chi connectivity index (χ0) is 15.4. The van der Waals surface area contributed by atoms with Gasteiger partial charge in [0.1, 0.15) is 11.6 Å². The highest BCUT2D eigenvalue weighted by Gasteiger charge is 2.19. The van der Waals surface area contributed by atoms with Gasteiger partial charge in [0.05, 0.1) is 23.5 Å². The van der Waals surface area contributed by atoms with Crippen LogP contribution < -0.4 is 4.74 Å². The number of rotatable bonds is 7. The highest BCUT2D eigenvalue weighted by atomic mass is 35.5. The van der Waals surface area contributed by atoms with Crippen molar-refractivity contribution in [3.8, 4) is 5.75 Å². The number of ether oxygens (including phenoxy) is 1. The largest absolute Gasteiger partial charge is 0.497 e. The second-order valence-electron chi connectivity index (χ2n) is 5.15. The summed E-state index contributed by atoms with van der Waals surface area (Å²) in [5, 5.41) is -0.107. The van der Waals surface area contributed by atoms with E-state index in [2.05, 4.69) is 24.5 Å². The minimum absolute atomic E-state index is 0.107. The highest BCUT2D eigenvalue weighted by molar-refractivity contribution is 7.99. The van der Waals surface area contributed by atoms with Crippen LogP contribution in [0.15, 0.2) is 18.2 Å².